The van der Waals surface area contributed by atoms with Crippen molar-refractivity contribution in [3.05, 3.63) is 63.9 Å². The van der Waals surface area contributed by atoms with Gasteiger partial charge in [0.15, 0.2) is 0 Å². The van der Waals surface area contributed by atoms with Gasteiger partial charge in [-0.2, -0.15) is 0 Å². The Kier molecular flexibility index (Phi) is 3.40. The lowest BCUT2D eigenvalue weighted by Gasteiger charge is -2.14. The normalized spacial score (nSPS) is 18.5. The van der Waals surface area contributed by atoms with Crippen LogP contribution in [0.3, 0.4) is 0 Å². The molecule has 2 atom stereocenters. The Morgan fingerprint density at radius 3 is 2.95 bits per heavy atom. The lowest BCUT2D eigenvalue weighted by atomic mass is 9.98. The van der Waals surface area contributed by atoms with Crippen LogP contribution < -0.4 is 4.74 Å². The van der Waals surface area contributed by atoms with E-state index in [1.54, 1.807) is 12.1 Å². The first kappa shape index (κ1) is 13.4. The van der Waals surface area contributed by atoms with E-state index in [9.17, 15) is 9.50 Å². The first-order chi connectivity index (χ1) is 9.56. The van der Waals surface area contributed by atoms with Gasteiger partial charge in [-0.3, -0.25) is 0 Å². The molecule has 2 aromatic carbocycles. The molecule has 2 nitrogen and oxygen atoms in total. The zero-order valence-electron chi connectivity index (χ0n) is 10.9. The van der Waals surface area contributed by atoms with Crippen LogP contribution in [0.4, 0.5) is 4.39 Å². The number of aliphatic hydroxyl groups excluding tert-OH is 1. The van der Waals surface area contributed by atoms with Gasteiger partial charge in [-0.15, -0.1) is 0 Å². The average Bonchev–Trinajstić information content (AvgIpc) is 2.80. The minimum atomic E-state index is -0.945. The summed E-state index contributed by atoms with van der Waals surface area (Å²) in [6.07, 6.45) is 0.0156. The molecular formula is C16H14ClFO2. The van der Waals surface area contributed by atoms with Crippen molar-refractivity contribution in [3.8, 4) is 5.75 Å². The molecule has 0 amide bonds. The van der Waals surface area contributed by atoms with Crippen molar-refractivity contribution in [2.75, 3.05) is 0 Å². The summed E-state index contributed by atoms with van der Waals surface area (Å²) in [6.45, 7) is 2.00. The minimum absolute atomic E-state index is 0.0369. The number of ether oxygens (including phenoxy) is 1. The SMILES string of the molecule is CC1Cc2cc(C(O)c3cccc(F)c3Cl)ccc2O1. The molecule has 0 aromatic heterocycles. The molecule has 0 saturated carbocycles. The van der Waals surface area contributed by atoms with Gasteiger partial charge in [0, 0.05) is 12.0 Å². The summed E-state index contributed by atoms with van der Waals surface area (Å²) in [5.41, 5.74) is 2.12. The van der Waals surface area contributed by atoms with Gasteiger partial charge in [-0.1, -0.05) is 29.8 Å². The van der Waals surface area contributed by atoms with Gasteiger partial charge < -0.3 is 9.84 Å². The number of fused-ring (bicyclic) bond motifs is 1. The topological polar surface area (TPSA) is 29.5 Å². The predicted octanol–water partition coefficient (Wildman–Crippen LogP) is 3.88. The molecule has 104 valence electrons. The third-order valence-corrected chi connectivity index (χ3v) is 3.91. The van der Waals surface area contributed by atoms with E-state index in [1.165, 1.54) is 12.1 Å². The van der Waals surface area contributed by atoms with E-state index >= 15 is 0 Å². The van der Waals surface area contributed by atoms with Crippen LogP contribution in [0.15, 0.2) is 36.4 Å². The molecule has 0 spiro atoms. The van der Waals surface area contributed by atoms with E-state index in [1.807, 2.05) is 19.1 Å². The molecule has 2 aromatic rings. The quantitative estimate of drug-likeness (QED) is 0.910. The lowest BCUT2D eigenvalue weighted by Crippen LogP contribution is -2.05. The molecule has 0 radical (unpaired) electrons. The first-order valence-electron chi connectivity index (χ1n) is 6.47. The summed E-state index contributed by atoms with van der Waals surface area (Å²) >= 11 is 5.92. The smallest absolute Gasteiger partial charge is 0.142 e. The second-order valence-corrected chi connectivity index (χ2v) is 5.42. The van der Waals surface area contributed by atoms with Gasteiger partial charge >= 0.3 is 0 Å². The molecule has 2 unspecified atom stereocenters. The van der Waals surface area contributed by atoms with Crippen LogP contribution >= 0.6 is 11.6 Å². The fourth-order valence-corrected chi connectivity index (χ4v) is 2.75. The second-order valence-electron chi connectivity index (χ2n) is 5.05. The molecule has 1 N–H and O–H groups in total. The summed E-state index contributed by atoms with van der Waals surface area (Å²) in [7, 11) is 0. The summed E-state index contributed by atoms with van der Waals surface area (Å²) in [5.74, 6) is 0.320. The zero-order valence-corrected chi connectivity index (χ0v) is 11.7. The maximum absolute atomic E-state index is 13.5. The van der Waals surface area contributed by atoms with Crippen LogP contribution in [0.1, 0.15) is 29.7 Å². The summed E-state index contributed by atoms with van der Waals surface area (Å²) < 4.78 is 19.1. The Morgan fingerprint density at radius 2 is 2.15 bits per heavy atom. The van der Waals surface area contributed by atoms with Crippen molar-refractivity contribution in [2.24, 2.45) is 0 Å². The first-order valence-corrected chi connectivity index (χ1v) is 6.85. The Bertz CT molecular complexity index is 657. The highest BCUT2D eigenvalue weighted by Gasteiger charge is 2.22. The number of hydrogen-bond acceptors (Lipinski definition) is 2. The fraction of sp³-hybridized carbons (Fsp3) is 0.250. The maximum atomic E-state index is 13.5. The minimum Gasteiger partial charge on any atom is -0.490 e. The van der Waals surface area contributed by atoms with Gasteiger partial charge in [-0.05, 0) is 36.2 Å². The van der Waals surface area contributed by atoms with Crippen molar-refractivity contribution in [1.82, 2.24) is 0 Å². The van der Waals surface area contributed by atoms with Crippen LogP contribution in [0, 0.1) is 5.82 Å². The van der Waals surface area contributed by atoms with Crippen molar-refractivity contribution in [3.63, 3.8) is 0 Å². The summed E-state index contributed by atoms with van der Waals surface area (Å²) in [5, 5.41) is 10.4. The monoisotopic (exact) mass is 292 g/mol. The van der Waals surface area contributed by atoms with Gasteiger partial charge in [0.2, 0.25) is 0 Å². The largest absolute Gasteiger partial charge is 0.490 e. The highest BCUT2D eigenvalue weighted by Crippen LogP contribution is 2.35. The molecule has 1 heterocycles. The van der Waals surface area contributed by atoms with Gasteiger partial charge in [0.05, 0.1) is 5.02 Å². The van der Waals surface area contributed by atoms with Crippen molar-refractivity contribution in [1.29, 1.82) is 0 Å². The molecule has 0 saturated heterocycles. The van der Waals surface area contributed by atoms with E-state index < -0.39 is 11.9 Å². The van der Waals surface area contributed by atoms with E-state index in [-0.39, 0.29) is 11.1 Å². The number of rotatable bonds is 2. The average molecular weight is 293 g/mol. The number of benzene rings is 2. The van der Waals surface area contributed by atoms with Gasteiger partial charge in [0.1, 0.15) is 23.8 Å². The predicted molar refractivity (Wildman–Crippen MR) is 75.7 cm³/mol. The third-order valence-electron chi connectivity index (χ3n) is 3.51. The zero-order chi connectivity index (χ0) is 14.3. The lowest BCUT2D eigenvalue weighted by molar-refractivity contribution is 0.220. The summed E-state index contributed by atoms with van der Waals surface area (Å²) in [6, 6.07) is 9.95. The van der Waals surface area contributed by atoms with E-state index in [2.05, 4.69) is 0 Å². The van der Waals surface area contributed by atoms with Crippen molar-refractivity contribution >= 4 is 11.6 Å². The van der Waals surface area contributed by atoms with Gasteiger partial charge in [-0.25, -0.2) is 4.39 Å². The van der Waals surface area contributed by atoms with E-state index in [0.29, 0.717) is 11.1 Å². The Labute approximate surface area is 121 Å². The fourth-order valence-electron chi connectivity index (χ4n) is 2.52. The Hall–Kier alpha value is -1.58. The van der Waals surface area contributed by atoms with Crippen LogP contribution in [-0.2, 0) is 6.42 Å². The third kappa shape index (κ3) is 2.28. The molecule has 1 aliphatic rings. The maximum Gasteiger partial charge on any atom is 0.142 e. The molecule has 1 aliphatic heterocycles. The van der Waals surface area contributed by atoms with Gasteiger partial charge in [0.25, 0.3) is 0 Å². The van der Waals surface area contributed by atoms with Crippen LogP contribution in [0.2, 0.25) is 5.02 Å². The number of aliphatic hydroxyl groups is 1. The number of halogens is 2. The standard InChI is InChI=1S/C16H14ClFO2/c1-9-7-11-8-10(5-6-14(11)20-9)16(19)12-3-2-4-13(18)15(12)17/h2-6,8-9,16,19H,7H2,1H3. The highest BCUT2D eigenvalue weighted by molar-refractivity contribution is 6.31. The Morgan fingerprint density at radius 1 is 1.35 bits per heavy atom. The van der Waals surface area contributed by atoms with Crippen molar-refractivity contribution < 1.29 is 14.2 Å². The van der Waals surface area contributed by atoms with E-state index in [4.69, 9.17) is 16.3 Å². The number of hydrogen-bond donors (Lipinski definition) is 1. The summed E-state index contributed by atoms with van der Waals surface area (Å²) in [4.78, 5) is 0. The Balaban J connectivity index is 1.97. The van der Waals surface area contributed by atoms with Crippen molar-refractivity contribution in [2.45, 2.75) is 25.6 Å². The molecule has 4 heteroatoms. The molecule has 0 fully saturated rings. The molecule has 0 bridgehead atoms. The van der Waals surface area contributed by atoms with Crippen LogP contribution in [0.5, 0.6) is 5.75 Å². The van der Waals surface area contributed by atoms with Crippen LogP contribution in [0.25, 0.3) is 0 Å². The molecule has 0 aliphatic carbocycles. The molecular weight excluding hydrogens is 279 g/mol. The second kappa shape index (κ2) is 5.08. The molecule has 20 heavy (non-hydrogen) atoms. The van der Waals surface area contributed by atoms with Crippen LogP contribution in [-0.4, -0.2) is 11.2 Å². The van der Waals surface area contributed by atoms with E-state index in [0.717, 1.165) is 17.7 Å². The molecule has 3 rings (SSSR count). The highest BCUT2D eigenvalue weighted by atomic mass is 35.5.